The van der Waals surface area contributed by atoms with Crippen LogP contribution < -0.4 is 5.32 Å². The van der Waals surface area contributed by atoms with Crippen molar-refractivity contribution in [2.75, 3.05) is 0 Å². The number of rotatable bonds is 3. The molecular formula is C14H14ClFN2O3. The Morgan fingerprint density at radius 3 is 2.90 bits per heavy atom. The molecule has 5 nitrogen and oxygen atoms in total. The maximum Gasteiger partial charge on any atom is 0.408 e. The molecule has 0 radical (unpaired) electrons. The molecule has 1 aliphatic carbocycles. The van der Waals surface area contributed by atoms with Crippen LogP contribution in [0.3, 0.4) is 0 Å². The molecule has 2 amide bonds. The largest absolute Gasteiger partial charge is 0.465 e. The van der Waals surface area contributed by atoms with Crippen molar-refractivity contribution in [1.29, 1.82) is 0 Å². The van der Waals surface area contributed by atoms with E-state index < -0.39 is 18.0 Å². The summed E-state index contributed by atoms with van der Waals surface area (Å²) in [5.41, 5.74) is 0.279. The van der Waals surface area contributed by atoms with Crippen molar-refractivity contribution in [3.63, 3.8) is 0 Å². The van der Waals surface area contributed by atoms with E-state index in [9.17, 15) is 14.0 Å². The first-order chi connectivity index (χ1) is 9.99. The third-order valence-corrected chi connectivity index (χ3v) is 4.40. The van der Waals surface area contributed by atoms with Crippen LogP contribution in [0, 0.1) is 11.7 Å². The first kappa shape index (κ1) is 14.1. The lowest BCUT2D eigenvalue weighted by Gasteiger charge is -2.23. The summed E-state index contributed by atoms with van der Waals surface area (Å²) in [7, 11) is 0. The second-order valence-corrected chi connectivity index (χ2v) is 5.84. The van der Waals surface area contributed by atoms with Crippen molar-refractivity contribution in [3.8, 4) is 0 Å². The molecule has 1 heterocycles. The van der Waals surface area contributed by atoms with Gasteiger partial charge in [-0.25, -0.2) is 9.18 Å². The number of nitrogens with one attached hydrogen (secondary N) is 1. The smallest absolute Gasteiger partial charge is 0.408 e. The van der Waals surface area contributed by atoms with Crippen LogP contribution in [0.15, 0.2) is 18.2 Å². The number of amides is 2. The number of hydrogen-bond donors (Lipinski definition) is 2. The number of hydrogen-bond acceptors (Lipinski definition) is 2. The SMILES string of the molecule is O=C(NCc1cccc(Cl)c1F)[C@@H]1C[C@@H]2C[C@@H]2N1C(=O)O. The van der Waals surface area contributed by atoms with Gasteiger partial charge >= 0.3 is 6.09 Å². The zero-order chi connectivity index (χ0) is 15.1. The maximum atomic E-state index is 13.7. The molecule has 2 fully saturated rings. The molecule has 0 spiro atoms. The Labute approximate surface area is 125 Å². The number of carboxylic acid groups (broad SMARTS) is 1. The van der Waals surface area contributed by atoms with E-state index in [1.165, 1.54) is 17.0 Å². The number of carbonyl (C=O) groups excluding carboxylic acids is 1. The molecule has 21 heavy (non-hydrogen) atoms. The van der Waals surface area contributed by atoms with Crippen LogP contribution in [0.1, 0.15) is 18.4 Å². The van der Waals surface area contributed by atoms with Crippen LogP contribution >= 0.6 is 11.6 Å². The highest BCUT2D eigenvalue weighted by Crippen LogP contribution is 2.47. The monoisotopic (exact) mass is 312 g/mol. The Morgan fingerprint density at radius 1 is 1.43 bits per heavy atom. The first-order valence-electron chi connectivity index (χ1n) is 6.71. The summed E-state index contributed by atoms with van der Waals surface area (Å²) in [6.45, 7) is -0.00941. The number of piperidine rings is 1. The second-order valence-electron chi connectivity index (χ2n) is 5.44. The van der Waals surface area contributed by atoms with Crippen molar-refractivity contribution in [2.24, 2.45) is 5.92 Å². The van der Waals surface area contributed by atoms with Gasteiger partial charge in [0.1, 0.15) is 11.9 Å². The molecule has 1 saturated heterocycles. The van der Waals surface area contributed by atoms with Gasteiger partial charge in [-0.1, -0.05) is 23.7 Å². The fourth-order valence-corrected chi connectivity index (χ4v) is 3.14. The predicted octanol–water partition coefficient (Wildman–Crippen LogP) is 2.24. The van der Waals surface area contributed by atoms with Crippen LogP contribution in [0.25, 0.3) is 0 Å². The van der Waals surface area contributed by atoms with Gasteiger partial charge in [-0.2, -0.15) is 0 Å². The molecule has 3 rings (SSSR count). The number of carbonyl (C=O) groups is 2. The van der Waals surface area contributed by atoms with Gasteiger partial charge < -0.3 is 10.4 Å². The fourth-order valence-electron chi connectivity index (χ4n) is 2.95. The van der Waals surface area contributed by atoms with Gasteiger partial charge in [0.15, 0.2) is 0 Å². The molecule has 7 heteroatoms. The van der Waals surface area contributed by atoms with Crippen LogP contribution in [0.5, 0.6) is 0 Å². The van der Waals surface area contributed by atoms with E-state index in [2.05, 4.69) is 5.32 Å². The van der Waals surface area contributed by atoms with Gasteiger partial charge in [0.25, 0.3) is 0 Å². The summed E-state index contributed by atoms with van der Waals surface area (Å²) < 4.78 is 13.7. The molecule has 3 atom stereocenters. The Hall–Kier alpha value is -1.82. The van der Waals surface area contributed by atoms with Crippen LogP contribution in [-0.2, 0) is 11.3 Å². The summed E-state index contributed by atoms with van der Waals surface area (Å²) in [5.74, 6) is -0.660. The van der Waals surface area contributed by atoms with Gasteiger partial charge in [0.05, 0.1) is 5.02 Å². The molecule has 0 aromatic heterocycles. The van der Waals surface area contributed by atoms with E-state index in [-0.39, 0.29) is 29.1 Å². The minimum absolute atomic E-state index is 0.00368. The van der Waals surface area contributed by atoms with Crippen LogP contribution in [0.2, 0.25) is 5.02 Å². The molecule has 0 unspecified atom stereocenters. The first-order valence-corrected chi connectivity index (χ1v) is 7.08. The molecule has 1 saturated carbocycles. The van der Waals surface area contributed by atoms with Gasteiger partial charge in [-0.3, -0.25) is 9.69 Å². The van der Waals surface area contributed by atoms with Crippen LogP contribution in [-0.4, -0.2) is 34.1 Å². The molecule has 112 valence electrons. The molecule has 1 aromatic rings. The lowest BCUT2D eigenvalue weighted by atomic mass is 10.1. The second kappa shape index (κ2) is 5.18. The highest BCUT2D eigenvalue weighted by atomic mass is 35.5. The zero-order valence-electron chi connectivity index (χ0n) is 11.1. The van der Waals surface area contributed by atoms with Crippen LogP contribution in [0.4, 0.5) is 9.18 Å². The zero-order valence-corrected chi connectivity index (χ0v) is 11.8. The Morgan fingerprint density at radius 2 is 2.19 bits per heavy atom. The van der Waals surface area contributed by atoms with Crippen molar-refractivity contribution >= 4 is 23.6 Å². The summed E-state index contributed by atoms with van der Waals surface area (Å²) in [6, 6.07) is 3.86. The highest BCUT2D eigenvalue weighted by Gasteiger charge is 2.56. The average molecular weight is 313 g/mol. The number of likely N-dealkylation sites (tertiary alicyclic amines) is 1. The molecule has 1 aromatic carbocycles. The minimum Gasteiger partial charge on any atom is -0.465 e. The van der Waals surface area contributed by atoms with E-state index in [0.29, 0.717) is 12.3 Å². The Balaban J connectivity index is 1.64. The van der Waals surface area contributed by atoms with E-state index in [4.69, 9.17) is 16.7 Å². The number of nitrogens with zero attached hydrogens (tertiary/aromatic N) is 1. The molecule has 0 bridgehead atoms. The van der Waals surface area contributed by atoms with Crippen molar-refractivity contribution < 1.29 is 19.1 Å². The van der Waals surface area contributed by atoms with E-state index >= 15 is 0 Å². The van der Waals surface area contributed by atoms with Gasteiger partial charge in [-0.15, -0.1) is 0 Å². The quantitative estimate of drug-likeness (QED) is 0.899. The third-order valence-electron chi connectivity index (χ3n) is 4.11. The summed E-state index contributed by atoms with van der Waals surface area (Å²) in [6.07, 6.45) is 0.300. The van der Waals surface area contributed by atoms with Gasteiger partial charge in [-0.05, 0) is 24.8 Å². The molecule has 2 aliphatic rings. The molecule has 2 N–H and O–H groups in total. The minimum atomic E-state index is -1.07. The molecule has 1 aliphatic heterocycles. The topological polar surface area (TPSA) is 69.6 Å². The van der Waals surface area contributed by atoms with Crippen molar-refractivity contribution in [1.82, 2.24) is 10.2 Å². The lowest BCUT2D eigenvalue weighted by Crippen LogP contribution is -2.47. The predicted molar refractivity (Wildman–Crippen MR) is 73.4 cm³/mol. The number of benzene rings is 1. The standard InChI is InChI=1S/C14H14ClFN2O3/c15-9-3-1-2-7(12(9)16)6-17-13(19)11-5-8-4-10(8)18(11)14(20)21/h1-3,8,10-11H,4-6H2,(H,17,19)(H,20,21)/t8-,10-,11-/m0/s1. The summed E-state index contributed by atoms with van der Waals surface area (Å²) in [4.78, 5) is 24.5. The summed E-state index contributed by atoms with van der Waals surface area (Å²) >= 11 is 5.67. The average Bonchev–Trinajstić information content (AvgIpc) is 3.09. The normalized spacial score (nSPS) is 26.4. The highest BCUT2D eigenvalue weighted by molar-refractivity contribution is 6.30. The number of fused-ring (bicyclic) bond motifs is 1. The summed E-state index contributed by atoms with van der Waals surface area (Å²) in [5, 5.41) is 11.8. The van der Waals surface area contributed by atoms with Crippen molar-refractivity contribution in [3.05, 3.63) is 34.6 Å². The maximum absolute atomic E-state index is 13.7. The lowest BCUT2D eigenvalue weighted by molar-refractivity contribution is -0.125. The van der Waals surface area contributed by atoms with E-state index in [1.807, 2.05) is 0 Å². The van der Waals surface area contributed by atoms with Crippen molar-refractivity contribution in [2.45, 2.75) is 31.5 Å². The number of halogens is 2. The third kappa shape index (κ3) is 2.55. The van der Waals surface area contributed by atoms with Gasteiger partial charge in [0.2, 0.25) is 5.91 Å². The van der Waals surface area contributed by atoms with E-state index in [0.717, 1.165) is 6.42 Å². The van der Waals surface area contributed by atoms with E-state index in [1.54, 1.807) is 6.07 Å². The molecular weight excluding hydrogens is 299 g/mol. The Bertz CT molecular complexity index is 610. The van der Waals surface area contributed by atoms with Gasteiger partial charge in [0, 0.05) is 18.2 Å². The Kier molecular flexibility index (Phi) is 3.49. The fraction of sp³-hybridized carbons (Fsp3) is 0.429.